The molecule has 2 aromatic rings. The van der Waals surface area contributed by atoms with Crippen molar-refractivity contribution in [3.8, 4) is 0 Å². The molecule has 0 spiro atoms. The monoisotopic (exact) mass is 205 g/mol. The Hall–Kier alpha value is -1.95. The van der Waals surface area contributed by atoms with Gasteiger partial charge in [0.25, 0.3) is 0 Å². The van der Waals surface area contributed by atoms with Crippen molar-refractivity contribution < 1.29 is 4.79 Å². The average molecular weight is 205 g/mol. The van der Waals surface area contributed by atoms with Crippen LogP contribution in [-0.2, 0) is 0 Å². The van der Waals surface area contributed by atoms with E-state index in [-0.39, 0.29) is 6.03 Å². The molecule has 0 saturated heterocycles. The van der Waals surface area contributed by atoms with Gasteiger partial charge in [-0.2, -0.15) is 4.68 Å². The number of aromatic nitrogens is 3. The summed E-state index contributed by atoms with van der Waals surface area (Å²) in [5.74, 6) is 0. The molecule has 3 N–H and O–H groups in total. The molecular formula is C9H11N5O. The Morgan fingerprint density at radius 3 is 3.07 bits per heavy atom. The fourth-order valence-electron chi connectivity index (χ4n) is 1.27. The van der Waals surface area contributed by atoms with Crippen molar-refractivity contribution in [1.29, 1.82) is 0 Å². The summed E-state index contributed by atoms with van der Waals surface area (Å²) in [6.07, 6.45) is 0. The summed E-state index contributed by atoms with van der Waals surface area (Å²) in [7, 11) is 0. The predicted octanol–water partition coefficient (Wildman–Crippen LogP) is -0.0523. The average Bonchev–Trinajstić information content (AvgIpc) is 2.69. The lowest BCUT2D eigenvalue weighted by molar-refractivity contribution is 0.240. The molecule has 0 radical (unpaired) electrons. The topological polar surface area (TPSA) is 85.8 Å². The molecule has 0 atom stereocenters. The van der Waals surface area contributed by atoms with E-state index in [0.717, 1.165) is 0 Å². The molecule has 0 aliphatic carbocycles. The van der Waals surface area contributed by atoms with Gasteiger partial charge < -0.3 is 11.1 Å². The van der Waals surface area contributed by atoms with E-state index in [1.165, 1.54) is 4.68 Å². The Morgan fingerprint density at radius 1 is 1.47 bits per heavy atom. The SMILES string of the molecule is NCCNC(=O)n1nnc2ccccc21. The number of amides is 1. The van der Waals surface area contributed by atoms with Crippen LogP contribution < -0.4 is 11.1 Å². The van der Waals surface area contributed by atoms with Crippen LogP contribution in [0.4, 0.5) is 4.79 Å². The number of nitrogens with zero attached hydrogens (tertiary/aromatic N) is 3. The molecule has 0 fully saturated rings. The standard InChI is InChI=1S/C9H11N5O/c10-5-6-11-9(15)14-8-4-2-1-3-7(8)12-13-14/h1-4H,5-6,10H2,(H,11,15). The molecule has 6 heteroatoms. The van der Waals surface area contributed by atoms with E-state index in [0.29, 0.717) is 24.1 Å². The molecule has 1 amide bonds. The van der Waals surface area contributed by atoms with Crippen molar-refractivity contribution in [2.45, 2.75) is 0 Å². The van der Waals surface area contributed by atoms with E-state index in [4.69, 9.17) is 5.73 Å². The first-order valence-electron chi connectivity index (χ1n) is 4.61. The molecule has 0 unspecified atom stereocenters. The van der Waals surface area contributed by atoms with Crippen LogP contribution in [0.25, 0.3) is 11.0 Å². The number of rotatable bonds is 2. The fraction of sp³-hybridized carbons (Fsp3) is 0.222. The second-order valence-corrected chi connectivity index (χ2v) is 3.01. The quantitative estimate of drug-likeness (QED) is 0.719. The zero-order valence-electron chi connectivity index (χ0n) is 8.05. The van der Waals surface area contributed by atoms with Gasteiger partial charge in [-0.05, 0) is 12.1 Å². The Labute approximate surface area is 86.1 Å². The van der Waals surface area contributed by atoms with Gasteiger partial charge in [0.2, 0.25) is 0 Å². The molecule has 0 aliphatic heterocycles. The lowest BCUT2D eigenvalue weighted by Crippen LogP contribution is -2.33. The van der Waals surface area contributed by atoms with E-state index in [2.05, 4.69) is 15.6 Å². The van der Waals surface area contributed by atoms with Crippen LogP contribution in [0.15, 0.2) is 24.3 Å². The number of benzene rings is 1. The third-order valence-electron chi connectivity index (χ3n) is 1.96. The van der Waals surface area contributed by atoms with Crippen molar-refractivity contribution in [3.05, 3.63) is 24.3 Å². The predicted molar refractivity (Wildman–Crippen MR) is 55.4 cm³/mol. The largest absolute Gasteiger partial charge is 0.344 e. The van der Waals surface area contributed by atoms with Crippen LogP contribution in [0.3, 0.4) is 0 Å². The minimum Gasteiger partial charge on any atom is -0.335 e. The van der Waals surface area contributed by atoms with E-state index in [1.54, 1.807) is 12.1 Å². The van der Waals surface area contributed by atoms with Gasteiger partial charge in [0, 0.05) is 13.1 Å². The lowest BCUT2D eigenvalue weighted by Gasteiger charge is -2.02. The van der Waals surface area contributed by atoms with Crippen LogP contribution in [0.1, 0.15) is 0 Å². The summed E-state index contributed by atoms with van der Waals surface area (Å²) in [5, 5.41) is 10.3. The first kappa shape index (κ1) is 9.60. The van der Waals surface area contributed by atoms with E-state index in [9.17, 15) is 4.79 Å². The molecule has 15 heavy (non-hydrogen) atoms. The highest BCUT2D eigenvalue weighted by Crippen LogP contribution is 2.08. The molecule has 0 bridgehead atoms. The van der Waals surface area contributed by atoms with Crippen molar-refractivity contribution in [1.82, 2.24) is 20.3 Å². The third-order valence-corrected chi connectivity index (χ3v) is 1.96. The maximum atomic E-state index is 11.6. The number of para-hydroxylation sites is 1. The molecule has 1 aromatic heterocycles. The minimum atomic E-state index is -0.311. The van der Waals surface area contributed by atoms with Crippen LogP contribution in [0.2, 0.25) is 0 Å². The van der Waals surface area contributed by atoms with Gasteiger partial charge in [-0.15, -0.1) is 5.10 Å². The van der Waals surface area contributed by atoms with Crippen LogP contribution in [-0.4, -0.2) is 34.1 Å². The first-order valence-corrected chi connectivity index (χ1v) is 4.61. The summed E-state index contributed by atoms with van der Waals surface area (Å²) >= 11 is 0. The highest BCUT2D eigenvalue weighted by molar-refractivity contribution is 5.87. The van der Waals surface area contributed by atoms with Crippen LogP contribution >= 0.6 is 0 Å². The Bertz CT molecular complexity index is 478. The van der Waals surface area contributed by atoms with Crippen molar-refractivity contribution in [2.75, 3.05) is 13.1 Å². The maximum absolute atomic E-state index is 11.6. The first-order chi connectivity index (χ1) is 7.33. The van der Waals surface area contributed by atoms with Crippen LogP contribution in [0, 0.1) is 0 Å². The molecular weight excluding hydrogens is 194 g/mol. The fourth-order valence-corrected chi connectivity index (χ4v) is 1.27. The summed E-state index contributed by atoms with van der Waals surface area (Å²) in [4.78, 5) is 11.6. The van der Waals surface area contributed by atoms with Gasteiger partial charge >= 0.3 is 6.03 Å². The maximum Gasteiger partial charge on any atom is 0.344 e. The number of hydrogen-bond donors (Lipinski definition) is 2. The summed E-state index contributed by atoms with van der Waals surface area (Å²) in [5.41, 5.74) is 6.66. The molecule has 0 aliphatic rings. The minimum absolute atomic E-state index is 0.311. The van der Waals surface area contributed by atoms with Gasteiger partial charge in [-0.25, -0.2) is 4.79 Å². The van der Waals surface area contributed by atoms with Crippen LogP contribution in [0.5, 0.6) is 0 Å². The normalized spacial score (nSPS) is 10.5. The molecule has 78 valence electrons. The second-order valence-electron chi connectivity index (χ2n) is 3.01. The summed E-state index contributed by atoms with van der Waals surface area (Å²) in [6, 6.07) is 6.96. The molecule has 1 heterocycles. The molecule has 2 rings (SSSR count). The Balaban J connectivity index is 2.31. The molecule has 6 nitrogen and oxygen atoms in total. The number of hydrogen-bond acceptors (Lipinski definition) is 4. The van der Waals surface area contributed by atoms with Crippen molar-refractivity contribution >= 4 is 17.1 Å². The highest BCUT2D eigenvalue weighted by Gasteiger charge is 2.09. The number of carbonyl (C=O) groups is 1. The molecule has 0 saturated carbocycles. The highest BCUT2D eigenvalue weighted by atomic mass is 16.2. The van der Waals surface area contributed by atoms with E-state index < -0.39 is 0 Å². The van der Waals surface area contributed by atoms with Gasteiger partial charge in [0.1, 0.15) is 5.52 Å². The van der Waals surface area contributed by atoms with E-state index in [1.807, 2.05) is 12.1 Å². The van der Waals surface area contributed by atoms with Crippen molar-refractivity contribution in [3.63, 3.8) is 0 Å². The van der Waals surface area contributed by atoms with Gasteiger partial charge in [0.15, 0.2) is 0 Å². The Kier molecular flexibility index (Phi) is 2.59. The number of nitrogens with two attached hydrogens (primary N) is 1. The van der Waals surface area contributed by atoms with Crippen molar-refractivity contribution in [2.24, 2.45) is 5.73 Å². The van der Waals surface area contributed by atoms with Gasteiger partial charge in [-0.1, -0.05) is 17.3 Å². The lowest BCUT2D eigenvalue weighted by atomic mass is 10.3. The Morgan fingerprint density at radius 2 is 2.27 bits per heavy atom. The number of nitrogens with one attached hydrogen (secondary N) is 1. The summed E-state index contributed by atoms with van der Waals surface area (Å²) < 4.78 is 1.23. The summed E-state index contributed by atoms with van der Waals surface area (Å²) in [6.45, 7) is 0.825. The van der Waals surface area contributed by atoms with E-state index >= 15 is 0 Å². The number of carbonyl (C=O) groups excluding carboxylic acids is 1. The van der Waals surface area contributed by atoms with Gasteiger partial charge in [0.05, 0.1) is 5.52 Å². The van der Waals surface area contributed by atoms with Gasteiger partial charge in [-0.3, -0.25) is 0 Å². The zero-order valence-corrected chi connectivity index (χ0v) is 8.05. The zero-order chi connectivity index (χ0) is 10.7. The molecule has 1 aromatic carbocycles. The number of fused-ring (bicyclic) bond motifs is 1. The second kappa shape index (κ2) is 4.05. The third kappa shape index (κ3) is 1.79. The smallest absolute Gasteiger partial charge is 0.335 e.